The molecule has 3 N–H and O–H groups in total. The van der Waals surface area contributed by atoms with Gasteiger partial charge in [-0.05, 0) is 36.5 Å². The maximum Gasteiger partial charge on any atom is 0.237 e. The molecule has 2 unspecified atom stereocenters. The highest BCUT2D eigenvalue weighted by molar-refractivity contribution is 5.81. The van der Waals surface area contributed by atoms with Crippen molar-refractivity contribution < 1.29 is 4.79 Å². The molecule has 3 rings (SSSR count). The number of para-hydroxylation sites is 1. The van der Waals surface area contributed by atoms with Gasteiger partial charge in [0.1, 0.15) is 0 Å². The van der Waals surface area contributed by atoms with Crippen LogP contribution in [0.5, 0.6) is 0 Å². The molecule has 4 nitrogen and oxygen atoms in total. The molecule has 1 fully saturated rings. The highest BCUT2D eigenvalue weighted by Crippen LogP contribution is 2.22. The van der Waals surface area contributed by atoms with Crippen LogP contribution in [0.2, 0.25) is 0 Å². The summed E-state index contributed by atoms with van der Waals surface area (Å²) in [6, 6.07) is 19.8. The van der Waals surface area contributed by atoms with Crippen molar-refractivity contribution in [3.05, 3.63) is 66.2 Å². The Hall–Kier alpha value is -2.33. The fourth-order valence-corrected chi connectivity index (χ4v) is 3.21. The van der Waals surface area contributed by atoms with Crippen LogP contribution in [-0.4, -0.2) is 31.6 Å². The lowest BCUT2D eigenvalue weighted by Gasteiger charge is -2.19. The Morgan fingerprint density at radius 3 is 2.50 bits per heavy atom. The van der Waals surface area contributed by atoms with E-state index >= 15 is 0 Å². The Morgan fingerprint density at radius 2 is 1.79 bits per heavy atom. The number of carbonyl (C=O) groups excluding carboxylic acids is 1. The Kier molecular flexibility index (Phi) is 5.49. The van der Waals surface area contributed by atoms with E-state index in [1.54, 1.807) is 0 Å². The van der Waals surface area contributed by atoms with Crippen LogP contribution >= 0.6 is 0 Å². The number of nitrogens with one attached hydrogen (secondary N) is 1. The van der Waals surface area contributed by atoms with Gasteiger partial charge in [0.15, 0.2) is 0 Å². The van der Waals surface area contributed by atoms with Crippen LogP contribution in [0.3, 0.4) is 0 Å². The molecule has 0 spiro atoms. The Morgan fingerprint density at radius 1 is 1.12 bits per heavy atom. The molecule has 24 heavy (non-hydrogen) atoms. The predicted octanol–water partition coefficient (Wildman–Crippen LogP) is 2.20. The van der Waals surface area contributed by atoms with Gasteiger partial charge in [-0.3, -0.25) is 4.79 Å². The standard InChI is InChI=1S/C20H25N3O/c21-19(13-16-7-3-1-4-8-16)20(24)22-14-17-11-12-23(15-17)18-9-5-2-6-10-18/h1-10,17,19H,11-15,21H2,(H,22,24). The lowest BCUT2D eigenvalue weighted by Crippen LogP contribution is -2.44. The normalized spacial score (nSPS) is 18.4. The number of carbonyl (C=O) groups is 1. The van der Waals surface area contributed by atoms with Gasteiger partial charge in [-0.1, -0.05) is 48.5 Å². The van der Waals surface area contributed by atoms with Crippen LogP contribution < -0.4 is 16.0 Å². The molecule has 1 saturated heterocycles. The minimum Gasteiger partial charge on any atom is -0.371 e. The summed E-state index contributed by atoms with van der Waals surface area (Å²) in [6.45, 7) is 2.73. The molecule has 2 aromatic rings. The van der Waals surface area contributed by atoms with Gasteiger partial charge in [0, 0.05) is 25.3 Å². The lowest BCUT2D eigenvalue weighted by molar-refractivity contribution is -0.122. The van der Waals surface area contributed by atoms with Gasteiger partial charge in [0.25, 0.3) is 0 Å². The fourth-order valence-electron chi connectivity index (χ4n) is 3.21. The molecule has 0 saturated carbocycles. The van der Waals surface area contributed by atoms with Gasteiger partial charge in [-0.15, -0.1) is 0 Å². The zero-order valence-electron chi connectivity index (χ0n) is 13.9. The molecule has 2 atom stereocenters. The molecule has 0 aliphatic carbocycles. The van der Waals surface area contributed by atoms with Crippen LogP contribution in [0.15, 0.2) is 60.7 Å². The third-order valence-corrected chi connectivity index (χ3v) is 4.61. The van der Waals surface area contributed by atoms with Crippen LogP contribution in [-0.2, 0) is 11.2 Å². The molecule has 1 aliphatic rings. The number of anilines is 1. The average Bonchev–Trinajstić information content (AvgIpc) is 3.10. The summed E-state index contributed by atoms with van der Waals surface area (Å²) >= 11 is 0. The summed E-state index contributed by atoms with van der Waals surface area (Å²) in [4.78, 5) is 14.6. The first-order valence-electron chi connectivity index (χ1n) is 8.59. The third-order valence-electron chi connectivity index (χ3n) is 4.61. The quantitative estimate of drug-likeness (QED) is 0.857. The minimum absolute atomic E-state index is 0.0583. The molecule has 0 aromatic heterocycles. The van der Waals surface area contributed by atoms with Crippen LogP contribution in [0.25, 0.3) is 0 Å². The zero-order valence-corrected chi connectivity index (χ0v) is 13.9. The number of nitrogens with zero attached hydrogens (tertiary/aromatic N) is 1. The lowest BCUT2D eigenvalue weighted by atomic mass is 10.1. The van der Waals surface area contributed by atoms with Crippen molar-refractivity contribution in [3.8, 4) is 0 Å². The van der Waals surface area contributed by atoms with E-state index in [9.17, 15) is 4.79 Å². The van der Waals surface area contributed by atoms with Crippen LogP contribution in [0, 0.1) is 5.92 Å². The van der Waals surface area contributed by atoms with E-state index in [1.807, 2.05) is 36.4 Å². The van der Waals surface area contributed by atoms with Crippen molar-refractivity contribution in [3.63, 3.8) is 0 Å². The first kappa shape index (κ1) is 16.5. The third kappa shape index (κ3) is 4.36. The first-order chi connectivity index (χ1) is 11.7. The van der Waals surface area contributed by atoms with Gasteiger partial charge in [-0.25, -0.2) is 0 Å². The van der Waals surface area contributed by atoms with E-state index < -0.39 is 6.04 Å². The molecule has 1 heterocycles. The summed E-state index contributed by atoms with van der Waals surface area (Å²) in [5.41, 5.74) is 8.38. The second-order valence-electron chi connectivity index (χ2n) is 6.48. The van der Waals surface area contributed by atoms with Crippen molar-refractivity contribution in [1.82, 2.24) is 5.32 Å². The smallest absolute Gasteiger partial charge is 0.237 e. The van der Waals surface area contributed by atoms with E-state index in [1.165, 1.54) is 5.69 Å². The van der Waals surface area contributed by atoms with E-state index in [0.29, 0.717) is 18.9 Å². The molecule has 1 amide bonds. The molecule has 0 radical (unpaired) electrons. The number of amides is 1. The second-order valence-corrected chi connectivity index (χ2v) is 6.48. The van der Waals surface area contributed by atoms with E-state index in [4.69, 9.17) is 5.73 Å². The molecule has 0 bridgehead atoms. The van der Waals surface area contributed by atoms with Crippen molar-refractivity contribution in [2.24, 2.45) is 11.7 Å². The summed E-state index contributed by atoms with van der Waals surface area (Å²) in [5.74, 6) is 0.426. The number of benzene rings is 2. The first-order valence-corrected chi connectivity index (χ1v) is 8.59. The Labute approximate surface area is 143 Å². The fraction of sp³-hybridized carbons (Fsp3) is 0.350. The average molecular weight is 323 g/mol. The highest BCUT2D eigenvalue weighted by atomic mass is 16.2. The van der Waals surface area contributed by atoms with E-state index in [2.05, 4.69) is 34.5 Å². The van der Waals surface area contributed by atoms with Crippen molar-refractivity contribution in [1.29, 1.82) is 0 Å². The van der Waals surface area contributed by atoms with Crippen molar-refractivity contribution in [2.45, 2.75) is 18.9 Å². The van der Waals surface area contributed by atoms with E-state index in [-0.39, 0.29) is 5.91 Å². The predicted molar refractivity (Wildman–Crippen MR) is 97.9 cm³/mol. The minimum atomic E-state index is -0.487. The summed E-state index contributed by atoms with van der Waals surface area (Å²) in [6.07, 6.45) is 1.68. The molecular weight excluding hydrogens is 298 g/mol. The van der Waals surface area contributed by atoms with Gasteiger partial charge in [0.05, 0.1) is 6.04 Å². The summed E-state index contributed by atoms with van der Waals surface area (Å²) in [5, 5.41) is 3.03. The van der Waals surface area contributed by atoms with E-state index in [0.717, 1.165) is 25.1 Å². The van der Waals surface area contributed by atoms with Crippen molar-refractivity contribution >= 4 is 11.6 Å². The molecule has 2 aromatic carbocycles. The SMILES string of the molecule is NC(Cc1ccccc1)C(=O)NCC1CCN(c2ccccc2)C1. The summed E-state index contributed by atoms with van der Waals surface area (Å²) in [7, 11) is 0. The number of rotatable bonds is 6. The molecule has 1 aliphatic heterocycles. The number of hydrogen-bond acceptors (Lipinski definition) is 3. The van der Waals surface area contributed by atoms with Crippen LogP contribution in [0.1, 0.15) is 12.0 Å². The van der Waals surface area contributed by atoms with Gasteiger partial charge in [-0.2, -0.15) is 0 Å². The largest absolute Gasteiger partial charge is 0.371 e. The molecular formula is C20H25N3O. The zero-order chi connectivity index (χ0) is 16.8. The topological polar surface area (TPSA) is 58.4 Å². The summed E-state index contributed by atoms with van der Waals surface area (Å²) < 4.78 is 0. The molecule has 4 heteroatoms. The van der Waals surface area contributed by atoms with Gasteiger partial charge in [0.2, 0.25) is 5.91 Å². The van der Waals surface area contributed by atoms with Crippen molar-refractivity contribution in [2.75, 3.05) is 24.5 Å². The molecule has 126 valence electrons. The van der Waals surface area contributed by atoms with Gasteiger partial charge >= 0.3 is 0 Å². The van der Waals surface area contributed by atoms with Gasteiger partial charge < -0.3 is 16.0 Å². The maximum atomic E-state index is 12.2. The second kappa shape index (κ2) is 7.97. The number of nitrogens with two attached hydrogens (primary N) is 1. The number of hydrogen-bond donors (Lipinski definition) is 2. The Balaban J connectivity index is 1.43. The monoisotopic (exact) mass is 323 g/mol. The van der Waals surface area contributed by atoms with Crippen LogP contribution in [0.4, 0.5) is 5.69 Å². The highest BCUT2D eigenvalue weighted by Gasteiger charge is 2.24. The maximum absolute atomic E-state index is 12.2. The Bertz CT molecular complexity index is 644.